The number of aromatic nitrogens is 1. The largest absolute Gasteiger partial charge is 0.332 e. The molecule has 0 saturated carbocycles. The summed E-state index contributed by atoms with van der Waals surface area (Å²) < 4.78 is 0. The average molecular weight is 428 g/mol. The molecular weight excluding hydrogens is 409 g/mol. The summed E-state index contributed by atoms with van der Waals surface area (Å²) in [7, 11) is 1.62. The molecule has 0 radical (unpaired) electrons. The zero-order valence-electron chi connectivity index (χ0n) is 15.8. The number of aryl methyl sites for hydroxylation is 1. The smallest absolute Gasteiger partial charge is 0.255 e. The highest BCUT2D eigenvalue weighted by Crippen LogP contribution is 2.31. The van der Waals surface area contributed by atoms with E-state index in [1.165, 1.54) is 4.90 Å². The van der Waals surface area contributed by atoms with Gasteiger partial charge in [-0.05, 0) is 43.0 Å². The number of pyridine rings is 1. The molecule has 29 heavy (non-hydrogen) atoms. The molecule has 2 aromatic carbocycles. The Morgan fingerprint density at radius 1 is 1.07 bits per heavy atom. The number of anilines is 1. The second kappa shape index (κ2) is 8.01. The van der Waals surface area contributed by atoms with Crippen LogP contribution in [0.1, 0.15) is 28.0 Å². The molecule has 1 N–H and O–H groups in total. The summed E-state index contributed by atoms with van der Waals surface area (Å²) >= 11 is 12.2. The maximum Gasteiger partial charge on any atom is 0.255 e. The summed E-state index contributed by atoms with van der Waals surface area (Å²) in [4.78, 5) is 32.0. The highest BCUT2D eigenvalue weighted by Gasteiger charge is 2.26. The van der Waals surface area contributed by atoms with Gasteiger partial charge in [0.2, 0.25) is 5.91 Å². The van der Waals surface area contributed by atoms with Crippen molar-refractivity contribution in [2.45, 2.75) is 19.3 Å². The van der Waals surface area contributed by atoms with Crippen molar-refractivity contribution in [3.05, 3.63) is 69.3 Å². The normalized spacial score (nSPS) is 12.7. The number of fused-ring (bicyclic) bond motifs is 2. The summed E-state index contributed by atoms with van der Waals surface area (Å²) in [5.74, 6) is -0.562. The number of amides is 2. The van der Waals surface area contributed by atoms with Crippen molar-refractivity contribution in [3.63, 3.8) is 0 Å². The van der Waals surface area contributed by atoms with Crippen molar-refractivity contribution < 1.29 is 9.59 Å². The number of hydrogen-bond acceptors (Lipinski definition) is 3. The van der Waals surface area contributed by atoms with Crippen LogP contribution in [-0.4, -0.2) is 35.3 Å². The van der Waals surface area contributed by atoms with Gasteiger partial charge in [-0.3, -0.25) is 14.6 Å². The minimum absolute atomic E-state index is 0.119. The number of benzene rings is 2. The average Bonchev–Trinajstić information content (AvgIpc) is 3.16. The molecule has 148 valence electrons. The first-order valence-corrected chi connectivity index (χ1v) is 10.1. The second-order valence-corrected chi connectivity index (χ2v) is 7.90. The molecule has 1 aliphatic rings. The van der Waals surface area contributed by atoms with E-state index in [-0.39, 0.29) is 18.4 Å². The molecule has 0 unspecified atom stereocenters. The zero-order valence-corrected chi connectivity index (χ0v) is 17.3. The molecule has 0 spiro atoms. The fourth-order valence-corrected chi connectivity index (χ4v) is 4.22. The molecular formula is C22H19Cl2N3O2. The molecule has 1 heterocycles. The van der Waals surface area contributed by atoms with E-state index in [0.717, 1.165) is 41.4 Å². The van der Waals surface area contributed by atoms with Crippen molar-refractivity contribution in [3.8, 4) is 0 Å². The molecule has 7 heteroatoms. The Kier molecular flexibility index (Phi) is 5.43. The van der Waals surface area contributed by atoms with E-state index in [2.05, 4.69) is 5.32 Å². The number of likely N-dealkylation sites (N-methyl/N-ethyl adjacent to an activating group) is 1. The van der Waals surface area contributed by atoms with Crippen LogP contribution in [0.2, 0.25) is 10.0 Å². The Bertz CT molecular complexity index is 1110. The first-order valence-electron chi connectivity index (χ1n) is 9.35. The van der Waals surface area contributed by atoms with E-state index in [9.17, 15) is 9.59 Å². The second-order valence-electron chi connectivity index (χ2n) is 7.09. The molecule has 0 bridgehead atoms. The summed E-state index contributed by atoms with van der Waals surface area (Å²) in [6.07, 6.45) is 2.67. The van der Waals surface area contributed by atoms with Gasteiger partial charge in [-0.1, -0.05) is 47.5 Å². The van der Waals surface area contributed by atoms with Gasteiger partial charge >= 0.3 is 0 Å². The third-order valence-electron chi connectivity index (χ3n) is 5.09. The lowest BCUT2D eigenvalue weighted by Crippen LogP contribution is -2.35. The van der Waals surface area contributed by atoms with Gasteiger partial charge in [-0.15, -0.1) is 0 Å². The van der Waals surface area contributed by atoms with Crippen LogP contribution in [0.15, 0.2) is 42.5 Å². The van der Waals surface area contributed by atoms with Crippen molar-refractivity contribution in [2.24, 2.45) is 0 Å². The number of halogens is 2. The van der Waals surface area contributed by atoms with E-state index in [1.807, 2.05) is 24.3 Å². The maximum atomic E-state index is 13.3. The lowest BCUT2D eigenvalue weighted by molar-refractivity contribution is -0.116. The predicted octanol–water partition coefficient (Wildman–Crippen LogP) is 4.74. The maximum absolute atomic E-state index is 13.3. The fraction of sp³-hybridized carbons (Fsp3) is 0.227. The Hall–Kier alpha value is -2.63. The van der Waals surface area contributed by atoms with E-state index in [4.69, 9.17) is 28.2 Å². The number of nitrogens with zero attached hydrogens (tertiary/aromatic N) is 2. The Morgan fingerprint density at radius 3 is 2.55 bits per heavy atom. The predicted molar refractivity (Wildman–Crippen MR) is 116 cm³/mol. The van der Waals surface area contributed by atoms with Gasteiger partial charge in [0.1, 0.15) is 0 Å². The van der Waals surface area contributed by atoms with Crippen LogP contribution in [0.4, 0.5) is 5.69 Å². The summed E-state index contributed by atoms with van der Waals surface area (Å²) in [6.45, 7) is -0.119. The first kappa shape index (κ1) is 19.7. The standard InChI is InChI=1S/C22H19Cl2N3O2/c1-27(12-19(28)26-21-15(23)8-5-9-16(21)24)22(29)20-13-6-2-3-10-17(13)25-18-11-4-7-14(18)20/h2-3,5-6,8-10H,4,7,11-12H2,1H3,(H,26,28). The van der Waals surface area contributed by atoms with Crippen molar-refractivity contribution in [1.29, 1.82) is 0 Å². The molecule has 3 aromatic rings. The highest BCUT2D eigenvalue weighted by atomic mass is 35.5. The topological polar surface area (TPSA) is 62.3 Å². The lowest BCUT2D eigenvalue weighted by atomic mass is 10.00. The fourth-order valence-electron chi connectivity index (χ4n) is 3.73. The van der Waals surface area contributed by atoms with Gasteiger partial charge in [0, 0.05) is 18.1 Å². The number of carbonyl (C=O) groups excluding carboxylic acids is 2. The molecule has 1 aliphatic carbocycles. The number of carbonyl (C=O) groups is 2. The first-order chi connectivity index (χ1) is 14.0. The number of nitrogens with one attached hydrogen (secondary N) is 1. The molecule has 0 fully saturated rings. The summed E-state index contributed by atoms with van der Waals surface area (Å²) in [5, 5.41) is 4.21. The third-order valence-corrected chi connectivity index (χ3v) is 5.72. The molecule has 0 atom stereocenters. The lowest BCUT2D eigenvalue weighted by Gasteiger charge is -2.20. The van der Waals surface area contributed by atoms with Gasteiger partial charge in [0.15, 0.2) is 0 Å². The van der Waals surface area contributed by atoms with Crippen LogP contribution in [0.3, 0.4) is 0 Å². The van der Waals surface area contributed by atoms with Crippen molar-refractivity contribution in [1.82, 2.24) is 9.88 Å². The SMILES string of the molecule is CN(CC(=O)Nc1c(Cl)cccc1Cl)C(=O)c1c2c(nc3ccccc13)CCC2. The molecule has 2 amide bonds. The van der Waals surface area contributed by atoms with Gasteiger partial charge in [0.05, 0.1) is 33.4 Å². The van der Waals surface area contributed by atoms with Crippen LogP contribution in [0, 0.1) is 0 Å². The number of para-hydroxylation sites is 2. The van der Waals surface area contributed by atoms with Crippen LogP contribution in [0.5, 0.6) is 0 Å². The van der Waals surface area contributed by atoms with Crippen LogP contribution >= 0.6 is 23.2 Å². The highest BCUT2D eigenvalue weighted by molar-refractivity contribution is 6.39. The minimum atomic E-state index is -0.370. The van der Waals surface area contributed by atoms with Gasteiger partial charge in [-0.25, -0.2) is 0 Å². The Morgan fingerprint density at radius 2 is 1.79 bits per heavy atom. The Labute approximate surface area is 178 Å². The van der Waals surface area contributed by atoms with Crippen LogP contribution in [0.25, 0.3) is 10.9 Å². The van der Waals surface area contributed by atoms with E-state index < -0.39 is 0 Å². The van der Waals surface area contributed by atoms with Crippen LogP contribution < -0.4 is 5.32 Å². The van der Waals surface area contributed by atoms with E-state index in [1.54, 1.807) is 25.2 Å². The van der Waals surface area contributed by atoms with Gasteiger partial charge in [0.25, 0.3) is 5.91 Å². The third kappa shape index (κ3) is 3.80. The molecule has 1 aromatic heterocycles. The summed E-state index contributed by atoms with van der Waals surface area (Å²) in [5.41, 5.74) is 3.77. The minimum Gasteiger partial charge on any atom is -0.332 e. The molecule has 0 saturated heterocycles. The molecule has 0 aliphatic heterocycles. The van der Waals surface area contributed by atoms with E-state index >= 15 is 0 Å². The summed E-state index contributed by atoms with van der Waals surface area (Å²) in [6, 6.07) is 12.6. The van der Waals surface area contributed by atoms with Gasteiger partial charge < -0.3 is 10.2 Å². The van der Waals surface area contributed by atoms with Crippen molar-refractivity contribution >= 4 is 51.6 Å². The zero-order chi connectivity index (χ0) is 20.5. The monoisotopic (exact) mass is 427 g/mol. The van der Waals surface area contributed by atoms with Gasteiger partial charge in [-0.2, -0.15) is 0 Å². The van der Waals surface area contributed by atoms with Crippen LogP contribution in [-0.2, 0) is 17.6 Å². The number of hydrogen-bond donors (Lipinski definition) is 1. The molecule has 4 rings (SSSR count). The Balaban J connectivity index is 1.60. The van der Waals surface area contributed by atoms with E-state index in [0.29, 0.717) is 21.3 Å². The quantitative estimate of drug-likeness (QED) is 0.653. The molecule has 5 nitrogen and oxygen atoms in total. The number of rotatable bonds is 4. The van der Waals surface area contributed by atoms with Crippen molar-refractivity contribution in [2.75, 3.05) is 18.9 Å².